The van der Waals surface area contributed by atoms with Gasteiger partial charge >= 0.3 is 5.97 Å². The zero-order valence-electron chi connectivity index (χ0n) is 46.3. The van der Waals surface area contributed by atoms with E-state index in [-0.39, 0.29) is 37.7 Å². The predicted octanol–water partition coefficient (Wildman–Crippen LogP) is 2.78. The molecule has 26 atom stereocenters. The molecule has 4 saturated heterocycles. The van der Waals surface area contributed by atoms with Gasteiger partial charge in [-0.25, -0.2) is 4.79 Å². The molecule has 4 aliphatic carbocycles. The van der Waals surface area contributed by atoms with E-state index in [0.29, 0.717) is 25.7 Å². The molecule has 1 aromatic rings. The van der Waals surface area contributed by atoms with Crippen LogP contribution in [0.25, 0.3) is 0 Å². The molecule has 4 heterocycles. The number of rotatable bonds is 15. The van der Waals surface area contributed by atoms with E-state index in [2.05, 4.69) is 0 Å². The molecule has 7 fully saturated rings. The Bertz CT molecular complexity index is 2260. The Morgan fingerprint density at radius 3 is 1.66 bits per heavy atom. The van der Waals surface area contributed by atoms with Crippen LogP contribution >= 0.6 is 0 Å². The average molecular weight is 1090 g/mol. The number of aliphatic hydroxyl groups is 6. The molecule has 0 unspecified atom stereocenters. The van der Waals surface area contributed by atoms with Gasteiger partial charge in [0.2, 0.25) is 0 Å². The topological polar surface area (TPSA) is 276 Å². The Morgan fingerprint density at radius 2 is 1.14 bits per heavy atom. The zero-order chi connectivity index (χ0) is 55.8. The summed E-state index contributed by atoms with van der Waals surface area (Å²) < 4.78 is 80.7. The van der Waals surface area contributed by atoms with Crippen molar-refractivity contribution < 1.29 is 102 Å². The van der Waals surface area contributed by atoms with Crippen LogP contribution in [-0.2, 0) is 66.4 Å². The van der Waals surface area contributed by atoms with E-state index in [4.69, 9.17) is 61.6 Å². The fraction of sp³-hybridized carbons (Fsp3) is 0.821. The second kappa shape index (κ2) is 22.3. The van der Waals surface area contributed by atoms with Crippen molar-refractivity contribution in [2.45, 2.75) is 245 Å². The van der Waals surface area contributed by atoms with Crippen molar-refractivity contribution in [3.05, 3.63) is 48.0 Å². The molecular weight excluding hydrogens is 1010 g/mol. The Labute approximate surface area is 451 Å². The van der Waals surface area contributed by atoms with Crippen LogP contribution in [0.3, 0.4) is 0 Å². The van der Waals surface area contributed by atoms with Crippen LogP contribution in [0.2, 0.25) is 0 Å². The molecule has 0 amide bonds. The molecule has 434 valence electrons. The molecule has 21 heteroatoms. The minimum absolute atomic E-state index is 0.0617. The van der Waals surface area contributed by atoms with E-state index in [1.807, 2.05) is 27.7 Å². The first-order chi connectivity index (χ1) is 36.3. The van der Waals surface area contributed by atoms with Crippen molar-refractivity contribution >= 4 is 11.8 Å². The third-order valence-corrected chi connectivity index (χ3v) is 19.7. The van der Waals surface area contributed by atoms with Crippen molar-refractivity contribution in [1.82, 2.24) is 0 Å². The maximum Gasteiger partial charge on any atom is 0.338 e. The molecule has 3 saturated carbocycles. The van der Waals surface area contributed by atoms with E-state index in [1.54, 1.807) is 58.6 Å². The number of aliphatic hydroxyl groups excluding tert-OH is 2. The molecule has 6 N–H and O–H groups in total. The fourth-order valence-corrected chi connectivity index (χ4v) is 14.9. The second-order valence-corrected chi connectivity index (χ2v) is 23.6. The summed E-state index contributed by atoms with van der Waals surface area (Å²) in [6, 6.07) is 8.33. The van der Waals surface area contributed by atoms with Gasteiger partial charge in [-0.1, -0.05) is 37.3 Å². The number of methoxy groups -OCH3 is 4. The highest BCUT2D eigenvalue weighted by Gasteiger charge is 2.82. The lowest BCUT2D eigenvalue weighted by Crippen LogP contribution is -2.79. The summed E-state index contributed by atoms with van der Waals surface area (Å²) in [7, 11) is 6.17. The zero-order valence-corrected chi connectivity index (χ0v) is 46.3. The lowest BCUT2D eigenvalue weighted by atomic mass is 9.41. The molecule has 0 radical (unpaired) electrons. The van der Waals surface area contributed by atoms with Gasteiger partial charge in [0.25, 0.3) is 0 Å². The lowest BCUT2D eigenvalue weighted by molar-refractivity contribution is -0.356. The first kappa shape index (κ1) is 59.0. The van der Waals surface area contributed by atoms with Crippen LogP contribution in [0.15, 0.2) is 42.5 Å². The SMILES string of the molecule is CO[C@@H]1[C@@H](O)[C@H](O[C@H]2[C@@H](OC)C[C@H](O[C@H]3[C@@H](OC)C[C@H](O[C@H]4[C@@H](OC)C[C@H](O[C@H]5CC[C@]6(C)[C@H]7C[C@@H](OC(=O)c8ccccc8)[C@@]8(C)[C@](O)(CC[C@@]8(O)C(C)=O)[C@]7(O)C=C[C@]6(O)C5)O[C@@H]4C)O[C@@H]3C)O[C@@H]2C)O[C@H](C)[C@H]1O. The average Bonchev–Trinajstić information content (AvgIpc) is 3.39. The van der Waals surface area contributed by atoms with Gasteiger partial charge in [0, 0.05) is 65.5 Å². The molecule has 9 rings (SSSR count). The van der Waals surface area contributed by atoms with Crippen molar-refractivity contribution in [1.29, 1.82) is 0 Å². The predicted molar refractivity (Wildman–Crippen MR) is 269 cm³/mol. The number of ketones is 1. The third kappa shape index (κ3) is 9.90. The van der Waals surface area contributed by atoms with Crippen LogP contribution in [-0.4, -0.2) is 210 Å². The summed E-state index contributed by atoms with van der Waals surface area (Å²) in [4.78, 5) is 27.1. The number of ether oxygens (including phenoxy) is 13. The van der Waals surface area contributed by atoms with E-state index in [1.165, 1.54) is 33.1 Å². The van der Waals surface area contributed by atoms with Gasteiger partial charge < -0.3 is 92.2 Å². The Morgan fingerprint density at radius 1 is 0.610 bits per heavy atom. The van der Waals surface area contributed by atoms with Gasteiger partial charge in [-0.2, -0.15) is 0 Å². The number of esters is 1. The van der Waals surface area contributed by atoms with Crippen LogP contribution < -0.4 is 0 Å². The smallest absolute Gasteiger partial charge is 0.338 e. The highest BCUT2D eigenvalue weighted by Crippen LogP contribution is 2.71. The summed E-state index contributed by atoms with van der Waals surface area (Å²) in [6.07, 6.45) is -9.41. The van der Waals surface area contributed by atoms with E-state index < -0.39 is 168 Å². The van der Waals surface area contributed by atoms with Gasteiger partial charge in [0.1, 0.15) is 59.5 Å². The van der Waals surface area contributed by atoms with Crippen molar-refractivity contribution in [2.24, 2.45) is 16.7 Å². The van der Waals surface area contributed by atoms with Crippen LogP contribution in [0.4, 0.5) is 0 Å². The summed E-state index contributed by atoms with van der Waals surface area (Å²) in [6.45, 7) is 11.9. The number of benzene rings is 1. The number of Topliss-reactive ketones (excluding diaryl/α,β-unsaturated/α-hetero) is 1. The van der Waals surface area contributed by atoms with Crippen molar-refractivity contribution in [2.75, 3.05) is 28.4 Å². The second-order valence-electron chi connectivity index (χ2n) is 23.6. The van der Waals surface area contributed by atoms with Crippen LogP contribution in [0, 0.1) is 16.7 Å². The quantitative estimate of drug-likeness (QED) is 0.109. The number of hydrogen-bond acceptors (Lipinski definition) is 21. The standard InChI is InChI=1S/C56H84O21/c1-28-43(58)48(68-11)44(59)50(72-28)77-47-31(4)71-42(25-37(47)67-10)76-46-30(3)70-41(24-36(46)66-9)75-45-29(2)69-40(23-35(45)65-8)73-34-17-18-51(6)38-26-39(74-49(60)33-15-13-12-14-16-33)52(7)54(62,32(5)57)21-22-56(52,64)55(38,63)20-19-53(51,61)27-34/h12-16,19-20,28-31,34-48,50,58-59,61-64H,17-18,21-27H2,1-11H3/t28-,29-,30-,31-,34+,35+,36+,37+,38-,39-,40+,41+,42+,43-,44-,45-,46-,47-,48+,50+,51-,52-,53+,54-,55+,56-/m1/s1. The van der Waals surface area contributed by atoms with Crippen LogP contribution in [0.1, 0.15) is 117 Å². The molecule has 4 aliphatic heterocycles. The molecule has 21 nitrogen and oxygen atoms in total. The number of hydrogen-bond donors (Lipinski definition) is 6. The summed E-state index contributed by atoms with van der Waals surface area (Å²) in [5.74, 6) is -2.20. The normalized spacial score (nSPS) is 50.8. The Balaban J connectivity index is 0.822. The summed E-state index contributed by atoms with van der Waals surface area (Å²) >= 11 is 0. The maximum absolute atomic E-state index is 13.7. The molecule has 8 aliphatic rings. The van der Waals surface area contributed by atoms with Gasteiger partial charge in [-0.3, -0.25) is 4.79 Å². The van der Waals surface area contributed by atoms with E-state index >= 15 is 0 Å². The van der Waals surface area contributed by atoms with Gasteiger partial charge in [0.15, 0.2) is 30.9 Å². The molecule has 77 heavy (non-hydrogen) atoms. The maximum atomic E-state index is 13.7. The minimum atomic E-state index is -2.14. The molecular formula is C56H84O21. The van der Waals surface area contributed by atoms with E-state index in [9.17, 15) is 40.2 Å². The fourth-order valence-electron chi connectivity index (χ4n) is 14.9. The van der Waals surface area contributed by atoms with Crippen molar-refractivity contribution in [3.63, 3.8) is 0 Å². The largest absolute Gasteiger partial charge is 0.458 e. The lowest BCUT2D eigenvalue weighted by Gasteiger charge is -2.68. The van der Waals surface area contributed by atoms with E-state index in [0.717, 1.165) is 0 Å². The Hall–Kier alpha value is -2.62. The molecule has 0 bridgehead atoms. The molecule has 0 spiro atoms. The highest BCUT2D eigenvalue weighted by molar-refractivity contribution is 5.90. The third-order valence-electron chi connectivity index (χ3n) is 19.7. The molecule has 0 aromatic heterocycles. The number of fused-ring (bicyclic) bond motifs is 5. The minimum Gasteiger partial charge on any atom is -0.458 e. The van der Waals surface area contributed by atoms with Gasteiger partial charge in [0.05, 0.1) is 65.4 Å². The highest BCUT2D eigenvalue weighted by atomic mass is 16.8. The number of carbonyl (C=O) groups excluding carboxylic acids is 2. The first-order valence-corrected chi connectivity index (χ1v) is 27.4. The van der Waals surface area contributed by atoms with Gasteiger partial charge in [-0.15, -0.1) is 0 Å². The van der Waals surface area contributed by atoms with Gasteiger partial charge in [-0.05, 0) is 85.8 Å². The first-order valence-electron chi connectivity index (χ1n) is 27.4. The summed E-state index contributed by atoms with van der Waals surface area (Å²) in [5.41, 5.74) is -10.5. The Kier molecular flexibility index (Phi) is 17.1. The van der Waals surface area contributed by atoms with Crippen LogP contribution in [0.5, 0.6) is 0 Å². The monoisotopic (exact) mass is 1090 g/mol. The molecule has 1 aromatic carbocycles. The van der Waals surface area contributed by atoms with Crippen molar-refractivity contribution in [3.8, 4) is 0 Å². The number of carbonyl (C=O) groups is 2. The summed E-state index contributed by atoms with van der Waals surface area (Å²) in [5, 5.41) is 72.2.